The fourth-order valence-electron chi connectivity index (χ4n) is 3.02. The normalized spacial score (nSPS) is 21.8. The molecule has 2 atom stereocenters. The Bertz CT molecular complexity index is 563. The lowest BCUT2D eigenvalue weighted by molar-refractivity contribution is -0.141. The molecule has 1 saturated carbocycles. The van der Waals surface area contributed by atoms with Crippen molar-refractivity contribution >= 4 is 17.6 Å². The summed E-state index contributed by atoms with van der Waals surface area (Å²) >= 11 is 0. The molecule has 1 fully saturated rings. The van der Waals surface area contributed by atoms with Gasteiger partial charge in [0.1, 0.15) is 0 Å². The van der Waals surface area contributed by atoms with E-state index in [2.05, 4.69) is 10.4 Å². The first kappa shape index (κ1) is 15.5. The lowest BCUT2D eigenvalue weighted by atomic mass is 10.0. The van der Waals surface area contributed by atoms with Crippen LogP contribution in [0.2, 0.25) is 0 Å². The molecular weight excluding hydrogens is 270 g/mol. The molecule has 1 amide bonds. The average Bonchev–Trinajstić information content (AvgIpc) is 2.99. The summed E-state index contributed by atoms with van der Waals surface area (Å²) in [5.41, 5.74) is 2.48. The van der Waals surface area contributed by atoms with Crippen molar-refractivity contribution in [2.24, 2.45) is 11.8 Å². The average molecular weight is 293 g/mol. The standard InChI is InChI=1S/C15H23N3O3/c1-8(2)18-10(4)13(9(3)17-18)16-14(19)11-5-6-12(7-11)15(20)21/h8,11-12H,5-7H2,1-4H3,(H,16,19)(H,20,21). The van der Waals surface area contributed by atoms with Crippen LogP contribution in [0.25, 0.3) is 0 Å². The molecular formula is C15H23N3O3. The first-order chi connectivity index (χ1) is 9.81. The highest BCUT2D eigenvalue weighted by molar-refractivity contribution is 5.94. The number of nitrogens with zero attached hydrogens (tertiary/aromatic N) is 2. The molecule has 1 aliphatic rings. The zero-order valence-electron chi connectivity index (χ0n) is 13.0. The molecule has 0 radical (unpaired) electrons. The number of hydrogen-bond acceptors (Lipinski definition) is 3. The smallest absolute Gasteiger partial charge is 0.306 e. The van der Waals surface area contributed by atoms with Crippen molar-refractivity contribution in [2.45, 2.75) is 53.0 Å². The lowest BCUT2D eigenvalue weighted by Crippen LogP contribution is -2.22. The van der Waals surface area contributed by atoms with Gasteiger partial charge in [0.2, 0.25) is 5.91 Å². The molecule has 0 aromatic carbocycles. The van der Waals surface area contributed by atoms with Gasteiger partial charge in [-0.1, -0.05) is 0 Å². The Morgan fingerprint density at radius 1 is 1.29 bits per heavy atom. The van der Waals surface area contributed by atoms with Crippen molar-refractivity contribution in [3.63, 3.8) is 0 Å². The maximum atomic E-state index is 12.3. The number of aliphatic carboxylic acids is 1. The van der Waals surface area contributed by atoms with Crippen molar-refractivity contribution in [1.82, 2.24) is 9.78 Å². The lowest BCUT2D eigenvalue weighted by Gasteiger charge is -2.12. The summed E-state index contributed by atoms with van der Waals surface area (Å²) in [4.78, 5) is 23.3. The van der Waals surface area contributed by atoms with E-state index in [0.717, 1.165) is 17.1 Å². The first-order valence-electron chi connectivity index (χ1n) is 7.40. The molecule has 1 aromatic rings. The van der Waals surface area contributed by atoms with Crippen molar-refractivity contribution < 1.29 is 14.7 Å². The molecule has 0 bridgehead atoms. The quantitative estimate of drug-likeness (QED) is 0.893. The Morgan fingerprint density at radius 2 is 1.90 bits per heavy atom. The fourth-order valence-corrected chi connectivity index (χ4v) is 3.02. The van der Waals surface area contributed by atoms with E-state index in [0.29, 0.717) is 19.3 Å². The van der Waals surface area contributed by atoms with E-state index in [1.165, 1.54) is 0 Å². The number of amides is 1. The van der Waals surface area contributed by atoms with Gasteiger partial charge in [-0.2, -0.15) is 5.10 Å². The second-order valence-electron chi connectivity index (χ2n) is 6.12. The summed E-state index contributed by atoms with van der Waals surface area (Å²) in [7, 11) is 0. The third-order valence-corrected chi connectivity index (χ3v) is 4.21. The number of aromatic nitrogens is 2. The Labute approximate surface area is 124 Å². The van der Waals surface area contributed by atoms with E-state index in [1.807, 2.05) is 32.4 Å². The predicted octanol–water partition coefficient (Wildman–Crippen LogP) is 2.52. The molecule has 116 valence electrons. The van der Waals surface area contributed by atoms with Gasteiger partial charge in [0.25, 0.3) is 0 Å². The summed E-state index contributed by atoms with van der Waals surface area (Å²) < 4.78 is 1.89. The number of nitrogens with one attached hydrogen (secondary N) is 1. The molecule has 0 saturated heterocycles. The van der Waals surface area contributed by atoms with Crippen LogP contribution in [0.5, 0.6) is 0 Å². The Morgan fingerprint density at radius 3 is 2.38 bits per heavy atom. The minimum Gasteiger partial charge on any atom is -0.481 e. The molecule has 0 aliphatic heterocycles. The maximum absolute atomic E-state index is 12.3. The summed E-state index contributed by atoms with van der Waals surface area (Å²) in [6, 6.07) is 0.234. The van der Waals surface area contributed by atoms with E-state index >= 15 is 0 Å². The SMILES string of the molecule is Cc1nn(C(C)C)c(C)c1NC(=O)C1CCC(C(=O)O)C1. The number of rotatable bonds is 4. The van der Waals surface area contributed by atoms with Gasteiger partial charge in [-0.05, 0) is 47.0 Å². The highest BCUT2D eigenvalue weighted by Crippen LogP contribution is 2.32. The zero-order valence-corrected chi connectivity index (χ0v) is 13.0. The topological polar surface area (TPSA) is 84.2 Å². The monoisotopic (exact) mass is 293 g/mol. The highest BCUT2D eigenvalue weighted by atomic mass is 16.4. The number of carboxylic acids is 1. The Hall–Kier alpha value is -1.85. The second kappa shape index (κ2) is 5.87. The van der Waals surface area contributed by atoms with Crippen molar-refractivity contribution in [3.05, 3.63) is 11.4 Å². The van der Waals surface area contributed by atoms with Gasteiger partial charge in [0.15, 0.2) is 0 Å². The molecule has 0 spiro atoms. The van der Waals surface area contributed by atoms with Crippen LogP contribution in [0.3, 0.4) is 0 Å². The van der Waals surface area contributed by atoms with Crippen LogP contribution in [-0.4, -0.2) is 26.8 Å². The highest BCUT2D eigenvalue weighted by Gasteiger charge is 2.34. The van der Waals surface area contributed by atoms with E-state index in [-0.39, 0.29) is 23.8 Å². The zero-order chi connectivity index (χ0) is 15.7. The van der Waals surface area contributed by atoms with E-state index in [1.54, 1.807) is 0 Å². The fraction of sp³-hybridized carbons (Fsp3) is 0.667. The molecule has 6 heteroatoms. The van der Waals surface area contributed by atoms with Crippen LogP contribution in [-0.2, 0) is 9.59 Å². The molecule has 1 heterocycles. The number of aryl methyl sites for hydroxylation is 1. The second-order valence-corrected chi connectivity index (χ2v) is 6.12. The summed E-state index contributed by atoms with van der Waals surface area (Å²) in [5, 5.41) is 16.4. The summed E-state index contributed by atoms with van der Waals surface area (Å²) in [6.45, 7) is 7.89. The third-order valence-electron chi connectivity index (χ3n) is 4.21. The largest absolute Gasteiger partial charge is 0.481 e. The molecule has 2 unspecified atom stereocenters. The number of carboxylic acid groups (broad SMARTS) is 1. The Balaban J connectivity index is 2.09. The van der Waals surface area contributed by atoms with Gasteiger partial charge in [-0.25, -0.2) is 0 Å². The van der Waals surface area contributed by atoms with Crippen LogP contribution in [0, 0.1) is 25.7 Å². The van der Waals surface area contributed by atoms with Crippen LogP contribution in [0.15, 0.2) is 0 Å². The van der Waals surface area contributed by atoms with E-state index in [4.69, 9.17) is 5.11 Å². The van der Waals surface area contributed by atoms with E-state index in [9.17, 15) is 9.59 Å². The third kappa shape index (κ3) is 3.09. The number of carbonyl (C=O) groups is 2. The van der Waals surface area contributed by atoms with Crippen molar-refractivity contribution in [2.75, 3.05) is 5.32 Å². The number of hydrogen-bond donors (Lipinski definition) is 2. The first-order valence-corrected chi connectivity index (χ1v) is 7.40. The Kier molecular flexibility index (Phi) is 4.34. The molecule has 1 aliphatic carbocycles. The molecule has 6 nitrogen and oxygen atoms in total. The van der Waals surface area contributed by atoms with Crippen molar-refractivity contribution in [1.29, 1.82) is 0 Å². The van der Waals surface area contributed by atoms with Gasteiger partial charge >= 0.3 is 5.97 Å². The number of anilines is 1. The predicted molar refractivity (Wildman–Crippen MR) is 79.2 cm³/mol. The van der Waals surface area contributed by atoms with Crippen molar-refractivity contribution in [3.8, 4) is 0 Å². The summed E-state index contributed by atoms with van der Waals surface area (Å²) in [6.07, 6.45) is 1.65. The molecule has 2 N–H and O–H groups in total. The van der Waals surface area contributed by atoms with Gasteiger partial charge in [0, 0.05) is 12.0 Å². The molecule has 21 heavy (non-hydrogen) atoms. The van der Waals surface area contributed by atoms with Crippen LogP contribution >= 0.6 is 0 Å². The minimum absolute atomic E-state index is 0.0896. The van der Waals surface area contributed by atoms with E-state index < -0.39 is 5.97 Å². The van der Waals surface area contributed by atoms with Crippen LogP contribution in [0.4, 0.5) is 5.69 Å². The van der Waals surface area contributed by atoms with Gasteiger partial charge < -0.3 is 10.4 Å². The summed E-state index contributed by atoms with van der Waals surface area (Å²) in [5.74, 6) is -1.49. The van der Waals surface area contributed by atoms with Crippen LogP contribution in [0.1, 0.15) is 50.5 Å². The molecule has 1 aromatic heterocycles. The van der Waals surface area contributed by atoms with Gasteiger partial charge in [-0.3, -0.25) is 14.3 Å². The number of carbonyl (C=O) groups excluding carboxylic acids is 1. The van der Waals surface area contributed by atoms with Gasteiger partial charge in [-0.15, -0.1) is 0 Å². The molecule has 2 rings (SSSR count). The maximum Gasteiger partial charge on any atom is 0.306 e. The minimum atomic E-state index is -0.801. The van der Waals surface area contributed by atoms with Crippen LogP contribution < -0.4 is 5.32 Å². The van der Waals surface area contributed by atoms with Gasteiger partial charge in [0.05, 0.1) is 23.0 Å².